The quantitative estimate of drug-likeness (QED) is 0.319. The summed E-state index contributed by atoms with van der Waals surface area (Å²) in [6.45, 7) is 3.17. The minimum absolute atomic E-state index is 0.0978. The van der Waals surface area contributed by atoms with E-state index < -0.39 is 17.8 Å². The molecule has 2 amide bonds. The molecule has 0 aliphatic carbocycles. The van der Waals surface area contributed by atoms with Crippen LogP contribution in [0.1, 0.15) is 33.4 Å². The maximum Gasteiger partial charge on any atom is 0.342 e. The number of furan rings is 1. The van der Waals surface area contributed by atoms with Gasteiger partial charge in [-0.25, -0.2) is 4.79 Å². The number of esters is 1. The van der Waals surface area contributed by atoms with Gasteiger partial charge in [0, 0.05) is 12.1 Å². The van der Waals surface area contributed by atoms with E-state index in [9.17, 15) is 19.6 Å². The van der Waals surface area contributed by atoms with Crippen molar-refractivity contribution < 1.29 is 28.3 Å². The molecule has 138 valence electrons. The van der Waals surface area contributed by atoms with Crippen LogP contribution in [0.2, 0.25) is 0 Å². The van der Waals surface area contributed by atoms with E-state index in [1.165, 1.54) is 13.1 Å². The van der Waals surface area contributed by atoms with Crippen molar-refractivity contribution in [2.45, 2.75) is 18.9 Å². The van der Waals surface area contributed by atoms with Crippen LogP contribution in [0.3, 0.4) is 0 Å². The monoisotopic (exact) mass is 379 g/mol. The summed E-state index contributed by atoms with van der Waals surface area (Å²) in [6.07, 6.45) is 1.31. The van der Waals surface area contributed by atoms with Crippen molar-refractivity contribution in [3.05, 3.63) is 46.5 Å². The van der Waals surface area contributed by atoms with Gasteiger partial charge in [-0.05, 0) is 31.7 Å². The average molecular weight is 379 g/mol. The zero-order valence-corrected chi connectivity index (χ0v) is 14.9. The van der Waals surface area contributed by atoms with Gasteiger partial charge in [-0.1, -0.05) is 0 Å². The van der Waals surface area contributed by atoms with Crippen molar-refractivity contribution in [3.63, 3.8) is 0 Å². The Morgan fingerprint density at radius 1 is 1.35 bits per heavy atom. The van der Waals surface area contributed by atoms with Crippen molar-refractivity contribution in [1.29, 1.82) is 0 Å². The van der Waals surface area contributed by atoms with Crippen LogP contribution >= 0.6 is 11.8 Å². The van der Waals surface area contributed by atoms with Crippen LogP contribution in [-0.4, -0.2) is 30.1 Å². The molecule has 9 nitrogen and oxygen atoms in total. The first-order chi connectivity index (χ1) is 12.3. The van der Waals surface area contributed by atoms with Crippen LogP contribution in [0.5, 0.6) is 0 Å². The highest BCUT2D eigenvalue weighted by Gasteiger charge is 2.29. The number of rotatable bonds is 7. The molecule has 0 fully saturated rings. The molecular formula is C16H17N3O6S. The summed E-state index contributed by atoms with van der Waals surface area (Å²) in [5, 5.41) is 14.3. The Morgan fingerprint density at radius 3 is 2.69 bits per heavy atom. The standard InChI is InChI=1S/C16H17N3O6S/c1-3-24-16(22)12-9(2)25-15(13(12)14(17)21)18-10(20)8-26-11-6-4-5-7-19(11)23/h4-7H,3,8H2,1-2H3,(H2,17,21)(H,18,20). The van der Waals surface area contributed by atoms with E-state index in [-0.39, 0.29) is 35.1 Å². The number of carbonyl (C=O) groups excluding carboxylic acids is 3. The van der Waals surface area contributed by atoms with Crippen molar-refractivity contribution >= 4 is 35.4 Å². The summed E-state index contributed by atoms with van der Waals surface area (Å²) in [5.41, 5.74) is 4.94. The second kappa shape index (κ2) is 8.39. The van der Waals surface area contributed by atoms with Crippen LogP contribution in [-0.2, 0) is 9.53 Å². The lowest BCUT2D eigenvalue weighted by Gasteiger charge is -2.05. The van der Waals surface area contributed by atoms with E-state index in [0.29, 0.717) is 9.76 Å². The molecule has 2 heterocycles. The molecule has 0 unspecified atom stereocenters. The van der Waals surface area contributed by atoms with Crippen molar-refractivity contribution in [2.75, 3.05) is 17.7 Å². The van der Waals surface area contributed by atoms with Gasteiger partial charge >= 0.3 is 5.97 Å². The number of thioether (sulfide) groups is 1. The van der Waals surface area contributed by atoms with E-state index in [4.69, 9.17) is 14.9 Å². The van der Waals surface area contributed by atoms with E-state index >= 15 is 0 Å². The number of pyridine rings is 1. The fourth-order valence-corrected chi connectivity index (χ4v) is 2.86. The maximum absolute atomic E-state index is 12.1. The Hall–Kier alpha value is -3.01. The number of anilines is 1. The summed E-state index contributed by atoms with van der Waals surface area (Å²) in [4.78, 5) is 35.8. The van der Waals surface area contributed by atoms with Gasteiger partial charge in [-0.15, -0.1) is 0 Å². The van der Waals surface area contributed by atoms with Gasteiger partial charge in [-0.3, -0.25) is 14.9 Å². The molecule has 2 aromatic heterocycles. The largest absolute Gasteiger partial charge is 0.618 e. The van der Waals surface area contributed by atoms with Gasteiger partial charge in [0.1, 0.15) is 16.9 Å². The van der Waals surface area contributed by atoms with Crippen molar-refractivity contribution in [3.8, 4) is 0 Å². The highest BCUT2D eigenvalue weighted by Crippen LogP contribution is 2.28. The summed E-state index contributed by atoms with van der Waals surface area (Å²) < 4.78 is 10.8. The number of primary amides is 1. The molecule has 0 saturated carbocycles. The molecule has 0 aromatic carbocycles. The van der Waals surface area contributed by atoms with Gasteiger partial charge in [-0.2, -0.15) is 4.73 Å². The first-order valence-electron chi connectivity index (χ1n) is 7.56. The Morgan fingerprint density at radius 2 is 2.08 bits per heavy atom. The molecule has 0 aliphatic rings. The number of aryl methyl sites for hydroxylation is 1. The number of carbonyl (C=O) groups is 3. The van der Waals surface area contributed by atoms with E-state index in [0.717, 1.165) is 11.8 Å². The number of hydrogen-bond donors (Lipinski definition) is 2. The zero-order chi connectivity index (χ0) is 19.3. The first kappa shape index (κ1) is 19.3. The first-order valence-corrected chi connectivity index (χ1v) is 8.54. The molecule has 26 heavy (non-hydrogen) atoms. The van der Waals surface area contributed by atoms with Gasteiger partial charge in [0.05, 0.1) is 12.4 Å². The van der Waals surface area contributed by atoms with Crippen LogP contribution in [0.4, 0.5) is 5.88 Å². The number of amides is 2. The molecule has 2 aromatic rings. The number of aromatic nitrogens is 1. The maximum atomic E-state index is 12.1. The second-order valence-electron chi connectivity index (χ2n) is 5.02. The third-order valence-electron chi connectivity index (χ3n) is 3.20. The lowest BCUT2D eigenvalue weighted by Crippen LogP contribution is -2.28. The molecule has 0 atom stereocenters. The normalized spacial score (nSPS) is 10.4. The predicted octanol–water partition coefficient (Wildman–Crippen LogP) is 1.23. The van der Waals surface area contributed by atoms with E-state index in [1.807, 2.05) is 0 Å². The molecule has 0 spiro atoms. The highest BCUT2D eigenvalue weighted by molar-refractivity contribution is 7.99. The Bertz CT molecular complexity index is 849. The van der Waals surface area contributed by atoms with Gasteiger partial charge in [0.25, 0.3) is 10.9 Å². The topological polar surface area (TPSA) is 139 Å². The van der Waals surface area contributed by atoms with Crippen LogP contribution in [0.25, 0.3) is 0 Å². The minimum atomic E-state index is -0.937. The Kier molecular flexibility index (Phi) is 6.23. The third-order valence-corrected chi connectivity index (χ3v) is 4.22. The number of nitrogens with two attached hydrogens (primary N) is 1. The Balaban J connectivity index is 2.17. The predicted molar refractivity (Wildman–Crippen MR) is 92.7 cm³/mol. The van der Waals surface area contributed by atoms with Gasteiger partial charge in [0.15, 0.2) is 6.20 Å². The molecule has 2 rings (SSSR count). The second-order valence-corrected chi connectivity index (χ2v) is 6.02. The number of ether oxygens (including phenoxy) is 1. The van der Waals surface area contributed by atoms with Crippen LogP contribution < -0.4 is 15.8 Å². The van der Waals surface area contributed by atoms with E-state index in [1.54, 1.807) is 25.1 Å². The summed E-state index contributed by atoms with van der Waals surface area (Å²) >= 11 is 1.00. The number of nitrogens with zero attached hydrogens (tertiary/aromatic N) is 1. The lowest BCUT2D eigenvalue weighted by atomic mass is 10.1. The highest BCUT2D eigenvalue weighted by atomic mass is 32.2. The van der Waals surface area contributed by atoms with Crippen LogP contribution in [0.15, 0.2) is 33.8 Å². The SMILES string of the molecule is CCOC(=O)c1c(C)oc(NC(=O)CSc2cccc[n+]2[O-])c1C(N)=O. The number of hydrogen-bond acceptors (Lipinski definition) is 7. The number of nitrogens with one attached hydrogen (secondary N) is 1. The third kappa shape index (κ3) is 4.33. The molecule has 10 heteroatoms. The van der Waals surface area contributed by atoms with Gasteiger partial charge < -0.3 is 20.1 Å². The smallest absolute Gasteiger partial charge is 0.342 e. The minimum Gasteiger partial charge on any atom is -0.618 e. The zero-order valence-electron chi connectivity index (χ0n) is 14.1. The summed E-state index contributed by atoms with van der Waals surface area (Å²) in [7, 11) is 0. The molecular weight excluding hydrogens is 362 g/mol. The Labute approximate surface area is 153 Å². The molecule has 0 saturated heterocycles. The molecule has 0 aliphatic heterocycles. The van der Waals surface area contributed by atoms with Crippen molar-refractivity contribution in [1.82, 2.24) is 0 Å². The fraction of sp³-hybridized carbons (Fsp3) is 0.250. The lowest BCUT2D eigenvalue weighted by molar-refractivity contribution is -0.645. The molecule has 0 bridgehead atoms. The fourth-order valence-electron chi connectivity index (χ4n) is 2.14. The molecule has 3 N–H and O–H groups in total. The molecule has 0 radical (unpaired) electrons. The van der Waals surface area contributed by atoms with Crippen LogP contribution in [0, 0.1) is 12.1 Å². The van der Waals surface area contributed by atoms with Crippen molar-refractivity contribution in [2.24, 2.45) is 5.73 Å². The average Bonchev–Trinajstić information content (AvgIpc) is 2.90. The summed E-state index contributed by atoms with van der Waals surface area (Å²) in [5.74, 6) is -2.49. The van der Waals surface area contributed by atoms with Gasteiger partial charge in [0.2, 0.25) is 11.8 Å². The van der Waals surface area contributed by atoms with E-state index in [2.05, 4.69) is 5.32 Å². The summed E-state index contributed by atoms with van der Waals surface area (Å²) in [6, 6.07) is 4.80.